The zero-order valence-electron chi connectivity index (χ0n) is 16.8. The first-order valence-electron chi connectivity index (χ1n) is 9.89. The van der Waals surface area contributed by atoms with Crippen molar-refractivity contribution in [3.63, 3.8) is 0 Å². The molecule has 1 fully saturated rings. The van der Waals surface area contributed by atoms with Crippen LogP contribution in [-0.2, 0) is 0 Å². The highest BCUT2D eigenvalue weighted by atomic mass is 35.5. The Morgan fingerprint density at radius 1 is 1.00 bits per heavy atom. The summed E-state index contributed by atoms with van der Waals surface area (Å²) < 4.78 is 14.1. The Kier molecular flexibility index (Phi) is 5.21. The lowest BCUT2D eigenvalue weighted by molar-refractivity contribution is 0.313. The van der Waals surface area contributed by atoms with Crippen LogP contribution in [0.4, 0.5) is 15.3 Å². The molecular weight excluding hydrogens is 435 g/mol. The van der Waals surface area contributed by atoms with Gasteiger partial charge in [0.2, 0.25) is 0 Å². The second-order valence-electron chi connectivity index (χ2n) is 7.60. The number of anilines is 2. The normalized spacial score (nSPS) is 15.0. The summed E-state index contributed by atoms with van der Waals surface area (Å²) in [5.74, 6) is -0.00803. The van der Waals surface area contributed by atoms with Gasteiger partial charge in [-0.25, -0.2) is 14.4 Å². The maximum Gasteiger partial charge on any atom is 0.185 e. The molecule has 0 radical (unpaired) electrons. The van der Waals surface area contributed by atoms with Crippen molar-refractivity contribution in [2.45, 2.75) is 0 Å². The van der Waals surface area contributed by atoms with Gasteiger partial charge < -0.3 is 15.5 Å². The molecule has 1 aliphatic rings. The van der Waals surface area contributed by atoms with Gasteiger partial charge in [0.15, 0.2) is 5.13 Å². The number of rotatable bonds is 3. The molecule has 0 saturated carbocycles. The summed E-state index contributed by atoms with van der Waals surface area (Å²) in [4.78, 5) is 19.0. The molecule has 5 rings (SSSR count). The molecule has 0 aliphatic carbocycles. The highest BCUT2D eigenvalue weighted by Crippen LogP contribution is 2.36. The molecule has 1 aliphatic heterocycles. The average molecular weight is 455 g/mol. The molecule has 0 spiro atoms. The summed E-state index contributed by atoms with van der Waals surface area (Å²) in [6, 6.07) is 6.58. The van der Waals surface area contributed by atoms with Crippen LogP contribution in [0.1, 0.15) is 0 Å². The van der Waals surface area contributed by atoms with Gasteiger partial charge in [-0.3, -0.25) is 4.98 Å². The van der Waals surface area contributed by atoms with E-state index in [1.165, 1.54) is 18.3 Å². The van der Waals surface area contributed by atoms with Crippen LogP contribution in [0.2, 0.25) is 5.02 Å². The number of nitrogens with two attached hydrogens (primary N) is 1. The second kappa shape index (κ2) is 8.03. The van der Waals surface area contributed by atoms with Gasteiger partial charge in [0, 0.05) is 71.7 Å². The fourth-order valence-electron chi connectivity index (χ4n) is 3.67. The van der Waals surface area contributed by atoms with Gasteiger partial charge >= 0.3 is 0 Å². The zero-order valence-corrected chi connectivity index (χ0v) is 18.4. The van der Waals surface area contributed by atoms with Crippen LogP contribution in [-0.4, -0.2) is 53.1 Å². The maximum absolute atomic E-state index is 14.1. The first kappa shape index (κ1) is 20.1. The van der Waals surface area contributed by atoms with Crippen LogP contribution in [0, 0.1) is 5.82 Å². The average Bonchev–Trinajstić information content (AvgIpc) is 3.27. The van der Waals surface area contributed by atoms with Crippen LogP contribution in [0.15, 0.2) is 42.9 Å². The van der Waals surface area contributed by atoms with Gasteiger partial charge in [0.05, 0.1) is 10.6 Å². The summed E-state index contributed by atoms with van der Waals surface area (Å²) in [6.45, 7) is 3.98. The molecule has 4 heterocycles. The number of halogens is 2. The Morgan fingerprint density at radius 2 is 1.81 bits per heavy atom. The van der Waals surface area contributed by atoms with Gasteiger partial charge in [0.1, 0.15) is 11.6 Å². The van der Waals surface area contributed by atoms with E-state index in [4.69, 9.17) is 17.3 Å². The number of hydrogen-bond acceptors (Lipinski definition) is 7. The quantitative estimate of drug-likeness (QED) is 0.489. The Balaban J connectivity index is 1.50. The van der Waals surface area contributed by atoms with Crippen LogP contribution >= 0.6 is 22.9 Å². The molecule has 31 heavy (non-hydrogen) atoms. The summed E-state index contributed by atoms with van der Waals surface area (Å²) in [5.41, 5.74) is 8.34. The molecule has 1 aromatic carbocycles. The van der Waals surface area contributed by atoms with E-state index < -0.39 is 0 Å². The van der Waals surface area contributed by atoms with Crippen molar-refractivity contribution < 1.29 is 4.39 Å². The van der Waals surface area contributed by atoms with Crippen molar-refractivity contribution in [2.24, 2.45) is 0 Å². The second-order valence-corrected chi connectivity index (χ2v) is 9.01. The minimum absolute atomic E-state index is 0.354. The Hall–Kier alpha value is -2.81. The molecule has 0 amide bonds. The number of piperazine rings is 1. The predicted molar refractivity (Wildman–Crippen MR) is 125 cm³/mol. The molecular formula is C22H20ClFN6S. The summed E-state index contributed by atoms with van der Waals surface area (Å²) in [6.07, 6.45) is 5.10. The highest BCUT2D eigenvalue weighted by Gasteiger charge is 2.18. The van der Waals surface area contributed by atoms with Crippen molar-refractivity contribution in [1.82, 2.24) is 19.9 Å². The molecule has 0 unspecified atom stereocenters. The Bertz CT molecular complexity index is 1270. The van der Waals surface area contributed by atoms with E-state index in [2.05, 4.69) is 31.8 Å². The van der Waals surface area contributed by atoms with Crippen LogP contribution in [0.3, 0.4) is 0 Å². The lowest BCUT2D eigenvalue weighted by Gasteiger charge is -2.32. The van der Waals surface area contributed by atoms with Crippen molar-refractivity contribution in [2.75, 3.05) is 43.9 Å². The van der Waals surface area contributed by atoms with Crippen molar-refractivity contribution in [3.05, 3.63) is 53.7 Å². The van der Waals surface area contributed by atoms with Gasteiger partial charge in [0.25, 0.3) is 0 Å². The molecule has 1 saturated heterocycles. The smallest absolute Gasteiger partial charge is 0.185 e. The number of aromatic nitrogens is 3. The van der Waals surface area contributed by atoms with E-state index in [0.29, 0.717) is 32.9 Å². The third kappa shape index (κ3) is 3.82. The SMILES string of the molecule is CN1CCN(c2ncc(-c3cnc(N)c(-c4cc5c(Cl)ccc(F)c5cn4)c3)s2)CC1. The number of fused-ring (bicyclic) bond motifs is 1. The third-order valence-electron chi connectivity index (χ3n) is 5.54. The number of nitrogens with zero attached hydrogens (tertiary/aromatic N) is 5. The minimum atomic E-state index is -0.362. The molecule has 0 bridgehead atoms. The lowest BCUT2D eigenvalue weighted by Crippen LogP contribution is -2.44. The number of nitrogen functional groups attached to an aromatic ring is 1. The minimum Gasteiger partial charge on any atom is -0.383 e. The summed E-state index contributed by atoms with van der Waals surface area (Å²) >= 11 is 7.92. The van der Waals surface area contributed by atoms with Crippen LogP contribution < -0.4 is 10.6 Å². The number of hydrogen-bond donors (Lipinski definition) is 1. The van der Waals surface area contributed by atoms with Crippen LogP contribution in [0.25, 0.3) is 32.5 Å². The molecule has 9 heteroatoms. The molecule has 3 aromatic heterocycles. The van der Waals surface area contributed by atoms with E-state index in [0.717, 1.165) is 41.8 Å². The largest absolute Gasteiger partial charge is 0.383 e. The van der Waals surface area contributed by atoms with Gasteiger partial charge in [-0.1, -0.05) is 22.9 Å². The fraction of sp³-hybridized carbons (Fsp3) is 0.227. The summed E-state index contributed by atoms with van der Waals surface area (Å²) in [7, 11) is 2.13. The van der Waals surface area contributed by atoms with Gasteiger partial charge in [-0.15, -0.1) is 0 Å². The van der Waals surface area contributed by atoms with Crippen molar-refractivity contribution in [1.29, 1.82) is 0 Å². The highest BCUT2D eigenvalue weighted by molar-refractivity contribution is 7.18. The van der Waals surface area contributed by atoms with Gasteiger partial charge in [-0.05, 0) is 31.3 Å². The van der Waals surface area contributed by atoms with E-state index in [-0.39, 0.29) is 5.82 Å². The summed E-state index contributed by atoms with van der Waals surface area (Å²) in [5, 5.41) is 2.43. The molecule has 2 N–H and O–H groups in total. The Labute approximate surface area is 188 Å². The zero-order chi connectivity index (χ0) is 21.5. The maximum atomic E-state index is 14.1. The topological polar surface area (TPSA) is 71.2 Å². The first-order valence-corrected chi connectivity index (χ1v) is 11.1. The van der Waals surface area contributed by atoms with E-state index in [9.17, 15) is 4.39 Å². The number of likely N-dealkylation sites (N-methyl/N-ethyl adjacent to an activating group) is 1. The van der Waals surface area contributed by atoms with Gasteiger partial charge in [-0.2, -0.15) is 0 Å². The number of pyridine rings is 2. The molecule has 0 atom stereocenters. The van der Waals surface area contributed by atoms with Crippen molar-refractivity contribution in [3.8, 4) is 21.7 Å². The van der Waals surface area contributed by atoms with E-state index in [1.54, 1.807) is 23.6 Å². The van der Waals surface area contributed by atoms with Crippen molar-refractivity contribution >= 4 is 44.7 Å². The lowest BCUT2D eigenvalue weighted by atomic mass is 10.1. The van der Waals surface area contributed by atoms with E-state index in [1.807, 2.05) is 12.3 Å². The van der Waals surface area contributed by atoms with E-state index >= 15 is 0 Å². The number of thiazole rings is 1. The first-order chi connectivity index (χ1) is 15.0. The molecule has 6 nitrogen and oxygen atoms in total. The monoisotopic (exact) mass is 454 g/mol. The Morgan fingerprint density at radius 3 is 2.61 bits per heavy atom. The third-order valence-corrected chi connectivity index (χ3v) is 6.98. The molecule has 4 aromatic rings. The predicted octanol–water partition coefficient (Wildman–Crippen LogP) is 4.55. The fourth-order valence-corrected chi connectivity index (χ4v) is 4.84. The molecule has 158 valence electrons. The standard InChI is InChI=1S/C22H20ClFN6S/c1-29-4-6-30(7-5-29)22-28-12-20(31-22)13-8-15(21(25)27-10-13)19-9-14-16(11-26-19)18(24)3-2-17(14)23/h2-3,8-12H,4-7H2,1H3,(H2,25,27). The van der Waals surface area contributed by atoms with Crippen LogP contribution in [0.5, 0.6) is 0 Å². The number of benzene rings is 1.